The third-order valence-corrected chi connectivity index (χ3v) is 5.42. The summed E-state index contributed by atoms with van der Waals surface area (Å²) in [6, 6.07) is 3.07. The van der Waals surface area contributed by atoms with Crippen molar-refractivity contribution in [3.05, 3.63) is 28.4 Å². The summed E-state index contributed by atoms with van der Waals surface area (Å²) in [4.78, 5) is 24.3. The van der Waals surface area contributed by atoms with Gasteiger partial charge in [-0.2, -0.15) is 0 Å². The standard InChI is InChI=1S/C11H14N2O3S2/c1-11(2,6-3-7-14)18-17-10-5-4-9(8-12-10)13(15)16/h4-5,7-8H,3,6H2,1-2H3. The third-order valence-electron chi connectivity index (χ3n) is 2.15. The molecule has 0 aliphatic heterocycles. The number of pyridine rings is 1. The van der Waals surface area contributed by atoms with Gasteiger partial charge in [-0.1, -0.05) is 10.8 Å². The zero-order valence-corrected chi connectivity index (χ0v) is 11.8. The zero-order valence-electron chi connectivity index (χ0n) is 10.2. The number of hydrogen-bond donors (Lipinski definition) is 0. The van der Waals surface area contributed by atoms with E-state index < -0.39 is 4.92 Å². The molecule has 98 valence electrons. The highest BCUT2D eigenvalue weighted by molar-refractivity contribution is 8.77. The molecule has 0 aliphatic carbocycles. The summed E-state index contributed by atoms with van der Waals surface area (Å²) < 4.78 is -0.0327. The Morgan fingerprint density at radius 2 is 2.22 bits per heavy atom. The normalized spacial score (nSPS) is 11.2. The molecule has 18 heavy (non-hydrogen) atoms. The van der Waals surface area contributed by atoms with Crippen molar-refractivity contribution in [3.63, 3.8) is 0 Å². The van der Waals surface area contributed by atoms with Crippen molar-refractivity contribution in [2.45, 2.75) is 36.5 Å². The average molecular weight is 286 g/mol. The molecular formula is C11H14N2O3S2. The monoisotopic (exact) mass is 286 g/mol. The topological polar surface area (TPSA) is 73.1 Å². The first-order valence-electron chi connectivity index (χ1n) is 5.34. The van der Waals surface area contributed by atoms with Crippen LogP contribution in [0.5, 0.6) is 0 Å². The predicted octanol–water partition coefficient (Wildman–Crippen LogP) is 3.49. The van der Waals surface area contributed by atoms with E-state index in [1.165, 1.54) is 23.1 Å². The molecule has 0 fully saturated rings. The van der Waals surface area contributed by atoms with Crippen LogP contribution in [0.4, 0.5) is 5.69 Å². The van der Waals surface area contributed by atoms with Gasteiger partial charge in [-0.25, -0.2) is 4.98 Å². The molecule has 1 rings (SSSR count). The second-order valence-corrected chi connectivity index (χ2v) is 7.10. The van der Waals surface area contributed by atoms with Crippen LogP contribution in [0.2, 0.25) is 0 Å². The number of aromatic nitrogens is 1. The lowest BCUT2D eigenvalue weighted by Gasteiger charge is -2.21. The van der Waals surface area contributed by atoms with Crippen LogP contribution in [0.3, 0.4) is 0 Å². The Hall–Kier alpha value is -1.08. The van der Waals surface area contributed by atoms with E-state index in [9.17, 15) is 14.9 Å². The Bertz CT molecular complexity index is 421. The lowest BCUT2D eigenvalue weighted by molar-refractivity contribution is -0.385. The van der Waals surface area contributed by atoms with Crippen LogP contribution in [0.1, 0.15) is 26.7 Å². The quantitative estimate of drug-likeness (QED) is 0.330. The van der Waals surface area contributed by atoms with E-state index in [0.717, 1.165) is 17.7 Å². The van der Waals surface area contributed by atoms with E-state index in [-0.39, 0.29) is 10.4 Å². The van der Waals surface area contributed by atoms with Crippen LogP contribution in [0, 0.1) is 10.1 Å². The summed E-state index contributed by atoms with van der Waals surface area (Å²) >= 11 is 0. The largest absolute Gasteiger partial charge is 0.303 e. The summed E-state index contributed by atoms with van der Waals surface area (Å²) in [5, 5.41) is 11.2. The van der Waals surface area contributed by atoms with Gasteiger partial charge in [0.05, 0.1) is 4.92 Å². The number of nitrogens with zero attached hydrogens (tertiary/aromatic N) is 2. The minimum absolute atomic E-state index is 0.00966. The predicted molar refractivity (Wildman–Crippen MR) is 73.7 cm³/mol. The Morgan fingerprint density at radius 3 is 2.72 bits per heavy atom. The van der Waals surface area contributed by atoms with E-state index in [1.807, 2.05) is 0 Å². The maximum Gasteiger partial charge on any atom is 0.287 e. The van der Waals surface area contributed by atoms with Crippen molar-refractivity contribution in [2.75, 3.05) is 0 Å². The highest BCUT2D eigenvalue weighted by atomic mass is 33.1. The number of carbonyl (C=O) groups is 1. The van der Waals surface area contributed by atoms with Crippen LogP contribution >= 0.6 is 21.6 Å². The van der Waals surface area contributed by atoms with Gasteiger partial charge in [-0.05, 0) is 37.1 Å². The number of aldehydes is 1. The van der Waals surface area contributed by atoms with Crippen LogP contribution < -0.4 is 0 Å². The summed E-state index contributed by atoms with van der Waals surface area (Å²) in [5.74, 6) is 0. The Labute approximate surface area is 113 Å². The molecule has 0 unspecified atom stereocenters. The SMILES string of the molecule is CC(C)(CCC=O)SSc1ccc([N+](=O)[O-])cn1. The second kappa shape index (κ2) is 6.75. The zero-order chi connectivity index (χ0) is 13.6. The maximum atomic E-state index is 10.5. The number of nitro groups is 1. The molecule has 0 bridgehead atoms. The molecule has 1 aromatic rings. The minimum Gasteiger partial charge on any atom is -0.303 e. The molecule has 0 amide bonds. The first kappa shape index (κ1) is 15.0. The molecule has 1 aromatic heterocycles. The van der Waals surface area contributed by atoms with Crippen molar-refractivity contribution in [1.82, 2.24) is 4.98 Å². The van der Waals surface area contributed by atoms with Crippen LogP contribution in [0.25, 0.3) is 0 Å². The van der Waals surface area contributed by atoms with Gasteiger partial charge in [-0.3, -0.25) is 10.1 Å². The highest BCUT2D eigenvalue weighted by Gasteiger charge is 2.19. The fourth-order valence-electron chi connectivity index (χ4n) is 1.13. The molecule has 0 saturated carbocycles. The molecule has 0 spiro atoms. The Kier molecular flexibility index (Phi) is 5.61. The second-order valence-electron chi connectivity index (χ2n) is 4.24. The van der Waals surface area contributed by atoms with Gasteiger partial charge in [-0.15, -0.1) is 0 Å². The van der Waals surface area contributed by atoms with E-state index >= 15 is 0 Å². The smallest absolute Gasteiger partial charge is 0.287 e. The van der Waals surface area contributed by atoms with Gasteiger partial charge in [0.1, 0.15) is 17.5 Å². The fraction of sp³-hybridized carbons (Fsp3) is 0.455. The number of hydrogen-bond acceptors (Lipinski definition) is 6. The van der Waals surface area contributed by atoms with Crippen molar-refractivity contribution in [3.8, 4) is 0 Å². The van der Waals surface area contributed by atoms with Crippen LogP contribution in [-0.4, -0.2) is 20.9 Å². The van der Waals surface area contributed by atoms with Gasteiger partial charge in [0.25, 0.3) is 5.69 Å². The molecule has 7 heteroatoms. The molecule has 0 N–H and O–H groups in total. The summed E-state index contributed by atoms with van der Waals surface area (Å²) in [6.45, 7) is 4.11. The summed E-state index contributed by atoms with van der Waals surface area (Å²) in [6.07, 6.45) is 3.49. The van der Waals surface area contributed by atoms with Gasteiger partial charge >= 0.3 is 0 Å². The van der Waals surface area contributed by atoms with Gasteiger partial charge in [0.15, 0.2) is 0 Å². The lowest BCUT2D eigenvalue weighted by atomic mass is 10.1. The fourth-order valence-corrected chi connectivity index (χ4v) is 3.34. The highest BCUT2D eigenvalue weighted by Crippen LogP contribution is 2.42. The molecular weight excluding hydrogens is 272 g/mol. The summed E-state index contributed by atoms with van der Waals surface area (Å²) in [7, 11) is 3.08. The molecule has 0 aliphatic rings. The summed E-state index contributed by atoms with van der Waals surface area (Å²) in [5.41, 5.74) is -0.00966. The Morgan fingerprint density at radius 1 is 1.50 bits per heavy atom. The van der Waals surface area contributed by atoms with E-state index in [1.54, 1.807) is 16.9 Å². The molecule has 0 radical (unpaired) electrons. The molecule has 0 saturated heterocycles. The number of rotatable bonds is 7. The average Bonchev–Trinajstić information content (AvgIpc) is 2.35. The van der Waals surface area contributed by atoms with E-state index in [4.69, 9.17) is 0 Å². The molecule has 1 heterocycles. The Balaban J connectivity index is 2.52. The maximum absolute atomic E-state index is 10.5. The first-order chi connectivity index (χ1) is 8.44. The minimum atomic E-state index is -0.470. The van der Waals surface area contributed by atoms with Crippen molar-refractivity contribution >= 4 is 33.6 Å². The molecule has 0 aromatic carbocycles. The third kappa shape index (κ3) is 5.05. The van der Waals surface area contributed by atoms with E-state index in [0.29, 0.717) is 6.42 Å². The van der Waals surface area contributed by atoms with Crippen molar-refractivity contribution in [1.29, 1.82) is 0 Å². The van der Waals surface area contributed by atoms with Gasteiger partial charge in [0.2, 0.25) is 0 Å². The molecule has 5 nitrogen and oxygen atoms in total. The van der Waals surface area contributed by atoms with Gasteiger partial charge < -0.3 is 4.79 Å². The van der Waals surface area contributed by atoms with Crippen LogP contribution in [-0.2, 0) is 4.79 Å². The van der Waals surface area contributed by atoms with Gasteiger partial charge in [0, 0.05) is 17.2 Å². The van der Waals surface area contributed by atoms with Crippen molar-refractivity contribution < 1.29 is 9.72 Å². The molecule has 0 atom stereocenters. The van der Waals surface area contributed by atoms with Crippen molar-refractivity contribution in [2.24, 2.45) is 0 Å². The van der Waals surface area contributed by atoms with E-state index in [2.05, 4.69) is 18.8 Å². The lowest BCUT2D eigenvalue weighted by Crippen LogP contribution is -2.12. The first-order valence-corrected chi connectivity index (χ1v) is 7.49. The van der Waals surface area contributed by atoms with Crippen LogP contribution in [0.15, 0.2) is 23.4 Å². The number of carbonyl (C=O) groups excluding carboxylic acids is 1.